The molecule has 0 saturated carbocycles. The number of nitrogens with zero attached hydrogens (tertiary/aromatic N) is 2. The smallest absolute Gasteiger partial charge is 0.253 e. The Hall–Kier alpha value is -2.36. The fourth-order valence-electron chi connectivity index (χ4n) is 3.79. The van der Waals surface area contributed by atoms with Crippen molar-refractivity contribution in [3.05, 3.63) is 59.4 Å². The Bertz CT molecular complexity index is 737. The highest BCUT2D eigenvalue weighted by molar-refractivity contribution is 5.94. The van der Waals surface area contributed by atoms with Crippen LogP contribution in [0.2, 0.25) is 0 Å². The van der Waals surface area contributed by atoms with E-state index >= 15 is 0 Å². The number of fused-ring (bicyclic) bond motifs is 1. The lowest BCUT2D eigenvalue weighted by Gasteiger charge is -2.32. The largest absolute Gasteiger partial charge is 0.490 e. The van der Waals surface area contributed by atoms with Crippen LogP contribution in [0.15, 0.2) is 42.7 Å². The summed E-state index contributed by atoms with van der Waals surface area (Å²) in [6, 6.07) is 10.0. The SMILES string of the molecule is C[C@@H]1Cc2cc(C(=O)N3CCC(c4ccncc4)CC3)ccc2O1. The first-order valence-electron chi connectivity index (χ1n) is 8.69. The van der Waals surface area contributed by atoms with Crippen molar-refractivity contribution >= 4 is 5.91 Å². The van der Waals surface area contributed by atoms with Gasteiger partial charge in [-0.3, -0.25) is 9.78 Å². The normalized spacial score (nSPS) is 20.5. The highest BCUT2D eigenvalue weighted by Crippen LogP contribution is 2.31. The lowest BCUT2D eigenvalue weighted by atomic mass is 9.90. The summed E-state index contributed by atoms with van der Waals surface area (Å²) < 4.78 is 5.72. The summed E-state index contributed by atoms with van der Waals surface area (Å²) in [5.41, 5.74) is 3.27. The zero-order chi connectivity index (χ0) is 16.5. The zero-order valence-electron chi connectivity index (χ0n) is 13.9. The van der Waals surface area contributed by atoms with E-state index in [0.717, 1.165) is 49.2 Å². The van der Waals surface area contributed by atoms with Crippen LogP contribution in [-0.4, -0.2) is 35.0 Å². The number of aromatic nitrogens is 1. The van der Waals surface area contributed by atoms with Crippen molar-refractivity contribution in [3.8, 4) is 5.75 Å². The van der Waals surface area contributed by atoms with Crippen LogP contribution in [-0.2, 0) is 6.42 Å². The Morgan fingerprint density at radius 2 is 1.92 bits per heavy atom. The molecule has 4 nitrogen and oxygen atoms in total. The second-order valence-corrected chi connectivity index (χ2v) is 6.80. The third-order valence-corrected chi connectivity index (χ3v) is 5.10. The molecule has 4 rings (SSSR count). The van der Waals surface area contributed by atoms with Crippen molar-refractivity contribution in [1.82, 2.24) is 9.88 Å². The van der Waals surface area contributed by atoms with Gasteiger partial charge in [-0.05, 0) is 67.1 Å². The Kier molecular flexibility index (Phi) is 3.97. The Morgan fingerprint density at radius 1 is 1.17 bits per heavy atom. The number of amides is 1. The van der Waals surface area contributed by atoms with E-state index in [1.54, 1.807) is 0 Å². The molecule has 0 spiro atoms. The summed E-state index contributed by atoms with van der Waals surface area (Å²) in [4.78, 5) is 18.9. The van der Waals surface area contributed by atoms with Crippen molar-refractivity contribution < 1.29 is 9.53 Å². The minimum atomic E-state index is 0.144. The molecule has 1 aromatic carbocycles. The number of likely N-dealkylation sites (tertiary alicyclic amines) is 1. The maximum Gasteiger partial charge on any atom is 0.253 e. The molecule has 1 amide bonds. The molecular formula is C20H22N2O2. The van der Waals surface area contributed by atoms with Crippen molar-refractivity contribution in [2.45, 2.75) is 38.2 Å². The van der Waals surface area contributed by atoms with Crippen LogP contribution in [0, 0.1) is 0 Å². The molecule has 3 heterocycles. The average molecular weight is 322 g/mol. The van der Waals surface area contributed by atoms with Crippen molar-refractivity contribution in [2.75, 3.05) is 13.1 Å². The number of pyridine rings is 1. The number of piperidine rings is 1. The predicted octanol–water partition coefficient (Wildman–Crippen LogP) is 3.42. The monoisotopic (exact) mass is 322 g/mol. The van der Waals surface area contributed by atoms with Gasteiger partial charge in [0.1, 0.15) is 11.9 Å². The summed E-state index contributed by atoms with van der Waals surface area (Å²) >= 11 is 0. The van der Waals surface area contributed by atoms with Crippen molar-refractivity contribution in [1.29, 1.82) is 0 Å². The third kappa shape index (κ3) is 2.88. The van der Waals surface area contributed by atoms with Gasteiger partial charge < -0.3 is 9.64 Å². The highest BCUT2D eigenvalue weighted by atomic mass is 16.5. The van der Waals surface area contributed by atoms with Crippen LogP contribution in [0.1, 0.15) is 47.2 Å². The second-order valence-electron chi connectivity index (χ2n) is 6.80. The minimum Gasteiger partial charge on any atom is -0.490 e. The number of rotatable bonds is 2. The van der Waals surface area contributed by atoms with Gasteiger partial charge in [0.05, 0.1) is 0 Å². The van der Waals surface area contributed by atoms with Crippen molar-refractivity contribution in [3.63, 3.8) is 0 Å². The van der Waals surface area contributed by atoms with Gasteiger partial charge in [0.2, 0.25) is 0 Å². The highest BCUT2D eigenvalue weighted by Gasteiger charge is 2.26. The van der Waals surface area contributed by atoms with E-state index in [-0.39, 0.29) is 12.0 Å². The van der Waals surface area contributed by atoms with Gasteiger partial charge in [-0.1, -0.05) is 0 Å². The molecule has 0 N–H and O–H groups in total. The molecule has 1 aromatic heterocycles. The molecule has 0 radical (unpaired) electrons. The number of hydrogen-bond donors (Lipinski definition) is 0. The summed E-state index contributed by atoms with van der Waals surface area (Å²) in [6.45, 7) is 3.69. The quantitative estimate of drug-likeness (QED) is 0.851. The van der Waals surface area contributed by atoms with Gasteiger partial charge in [0.15, 0.2) is 0 Å². The third-order valence-electron chi connectivity index (χ3n) is 5.10. The lowest BCUT2D eigenvalue weighted by Crippen LogP contribution is -2.37. The number of benzene rings is 1. The fraction of sp³-hybridized carbons (Fsp3) is 0.400. The Balaban J connectivity index is 1.43. The minimum absolute atomic E-state index is 0.144. The van der Waals surface area contributed by atoms with Crippen LogP contribution in [0.3, 0.4) is 0 Å². The topological polar surface area (TPSA) is 42.4 Å². The van der Waals surface area contributed by atoms with E-state index < -0.39 is 0 Å². The van der Waals surface area contributed by atoms with Gasteiger partial charge >= 0.3 is 0 Å². The molecular weight excluding hydrogens is 300 g/mol. The van der Waals surface area contributed by atoms with E-state index in [4.69, 9.17) is 4.74 Å². The average Bonchev–Trinajstić information content (AvgIpc) is 3.01. The van der Waals surface area contributed by atoms with Gasteiger partial charge in [-0.2, -0.15) is 0 Å². The van der Waals surface area contributed by atoms with E-state index in [1.807, 2.05) is 35.5 Å². The molecule has 4 heteroatoms. The molecule has 124 valence electrons. The van der Waals surface area contributed by atoms with Crippen LogP contribution in [0.25, 0.3) is 0 Å². The molecule has 0 bridgehead atoms. The standard InChI is InChI=1S/C20H22N2O2/c1-14-12-18-13-17(2-3-19(18)24-14)20(23)22-10-6-16(7-11-22)15-4-8-21-9-5-15/h2-5,8-9,13-14,16H,6-7,10-12H2,1H3/t14-/m1/s1. The Labute approximate surface area is 142 Å². The molecule has 1 saturated heterocycles. The number of hydrogen-bond acceptors (Lipinski definition) is 3. The summed E-state index contributed by atoms with van der Waals surface area (Å²) in [7, 11) is 0. The van der Waals surface area contributed by atoms with Crippen molar-refractivity contribution in [2.24, 2.45) is 0 Å². The molecule has 24 heavy (non-hydrogen) atoms. The number of carbonyl (C=O) groups is 1. The molecule has 2 aromatic rings. The molecule has 2 aliphatic rings. The first kappa shape index (κ1) is 15.2. The lowest BCUT2D eigenvalue weighted by molar-refractivity contribution is 0.0713. The van der Waals surface area contributed by atoms with E-state index in [0.29, 0.717) is 5.92 Å². The predicted molar refractivity (Wildman–Crippen MR) is 92.4 cm³/mol. The van der Waals surface area contributed by atoms with Gasteiger partial charge in [-0.25, -0.2) is 0 Å². The van der Waals surface area contributed by atoms with Gasteiger partial charge in [-0.15, -0.1) is 0 Å². The van der Waals surface area contributed by atoms with Crippen LogP contribution >= 0.6 is 0 Å². The van der Waals surface area contributed by atoms with Gasteiger partial charge in [0.25, 0.3) is 5.91 Å². The fourth-order valence-corrected chi connectivity index (χ4v) is 3.79. The molecule has 0 aliphatic carbocycles. The first-order valence-corrected chi connectivity index (χ1v) is 8.69. The van der Waals surface area contributed by atoms with Crippen LogP contribution < -0.4 is 4.74 Å². The van der Waals surface area contributed by atoms with E-state index in [9.17, 15) is 4.79 Å². The summed E-state index contributed by atoms with van der Waals surface area (Å²) in [5.74, 6) is 1.60. The number of ether oxygens (including phenoxy) is 1. The summed E-state index contributed by atoms with van der Waals surface area (Å²) in [6.07, 6.45) is 6.82. The van der Waals surface area contributed by atoms with Gasteiger partial charge in [0, 0.05) is 37.5 Å². The molecule has 1 atom stereocenters. The zero-order valence-corrected chi connectivity index (χ0v) is 13.9. The number of carbonyl (C=O) groups excluding carboxylic acids is 1. The maximum atomic E-state index is 12.8. The maximum absolute atomic E-state index is 12.8. The molecule has 2 aliphatic heterocycles. The second kappa shape index (κ2) is 6.27. The first-order chi connectivity index (χ1) is 11.7. The Morgan fingerprint density at radius 3 is 2.67 bits per heavy atom. The molecule has 1 fully saturated rings. The van der Waals surface area contributed by atoms with Crippen LogP contribution in [0.4, 0.5) is 0 Å². The molecule has 0 unspecified atom stereocenters. The van der Waals surface area contributed by atoms with Crippen LogP contribution in [0.5, 0.6) is 5.75 Å². The van der Waals surface area contributed by atoms with E-state index in [1.165, 1.54) is 5.56 Å². The van der Waals surface area contributed by atoms with E-state index in [2.05, 4.69) is 24.0 Å². The summed E-state index contributed by atoms with van der Waals surface area (Å²) in [5, 5.41) is 0.